The van der Waals surface area contributed by atoms with Crippen LogP contribution < -0.4 is 10.5 Å². The van der Waals surface area contributed by atoms with E-state index in [0.29, 0.717) is 30.8 Å². The van der Waals surface area contributed by atoms with Crippen LogP contribution in [0.3, 0.4) is 0 Å². The predicted octanol–water partition coefficient (Wildman–Crippen LogP) is 1.44. The number of nitrogens with zero attached hydrogens (tertiary/aromatic N) is 2. The van der Waals surface area contributed by atoms with Crippen molar-refractivity contribution >= 4 is 11.8 Å². The Balaban J connectivity index is 1.91. The van der Waals surface area contributed by atoms with Crippen LogP contribution in [0.25, 0.3) is 0 Å². The lowest BCUT2D eigenvalue weighted by Gasteiger charge is -2.33. The van der Waals surface area contributed by atoms with Gasteiger partial charge >= 0.3 is 0 Å². The normalized spacial score (nSPS) is 16.4. The first-order valence-electron chi connectivity index (χ1n) is 7.74. The number of hydrogen-bond donors (Lipinski definition) is 1. The molecule has 2 amide bonds. The van der Waals surface area contributed by atoms with Crippen LogP contribution in [0.1, 0.15) is 31.7 Å². The Morgan fingerprint density at radius 2 is 2.04 bits per heavy atom. The summed E-state index contributed by atoms with van der Waals surface area (Å²) in [5.41, 5.74) is 5.62. The molecule has 2 rings (SSSR count). The minimum atomic E-state index is -0.655. The van der Waals surface area contributed by atoms with E-state index in [2.05, 4.69) is 0 Å². The summed E-state index contributed by atoms with van der Waals surface area (Å²) in [6.45, 7) is 2.89. The maximum Gasteiger partial charge on any atom is 0.263 e. The number of para-hydroxylation sites is 1. The van der Waals surface area contributed by atoms with E-state index in [-0.39, 0.29) is 17.7 Å². The zero-order chi connectivity index (χ0) is 16.8. The molecule has 0 spiro atoms. The molecule has 6 heteroatoms. The molecule has 1 fully saturated rings. The van der Waals surface area contributed by atoms with Crippen molar-refractivity contribution in [2.24, 2.45) is 11.7 Å². The monoisotopic (exact) mass is 315 g/mol. The molecule has 0 bridgehead atoms. The average Bonchev–Trinajstić information content (AvgIpc) is 2.55. The van der Waals surface area contributed by atoms with Gasteiger partial charge in [0.15, 0.2) is 6.10 Å². The molecule has 1 aromatic rings. The topological polar surface area (TPSA) is 96.4 Å². The largest absolute Gasteiger partial charge is 0.480 e. The highest BCUT2D eigenvalue weighted by molar-refractivity contribution is 5.81. The van der Waals surface area contributed by atoms with Gasteiger partial charge in [0.25, 0.3) is 5.91 Å². The number of benzene rings is 1. The van der Waals surface area contributed by atoms with Crippen molar-refractivity contribution < 1.29 is 14.3 Å². The molecule has 23 heavy (non-hydrogen) atoms. The molecular weight excluding hydrogens is 294 g/mol. The smallest absolute Gasteiger partial charge is 0.263 e. The van der Waals surface area contributed by atoms with Crippen molar-refractivity contribution in [3.8, 4) is 11.8 Å². The van der Waals surface area contributed by atoms with Gasteiger partial charge in [0, 0.05) is 19.5 Å². The number of amides is 2. The van der Waals surface area contributed by atoms with E-state index in [1.807, 2.05) is 6.07 Å². The standard InChI is InChI=1S/C17H21N3O3/c1-12(23-15-5-3-2-4-14(15)11-18)17(22)20-8-6-13(7-9-20)10-16(19)21/h2-5,12-13H,6-10H2,1H3,(H2,19,21)/t12-/m1/s1. The molecule has 1 heterocycles. The van der Waals surface area contributed by atoms with E-state index in [1.165, 1.54) is 0 Å². The first-order valence-corrected chi connectivity index (χ1v) is 7.74. The van der Waals surface area contributed by atoms with Crippen LogP contribution >= 0.6 is 0 Å². The second-order valence-corrected chi connectivity index (χ2v) is 5.81. The van der Waals surface area contributed by atoms with E-state index in [4.69, 9.17) is 15.7 Å². The Morgan fingerprint density at radius 3 is 2.65 bits per heavy atom. The SMILES string of the molecule is C[C@@H](Oc1ccccc1C#N)C(=O)N1CCC(CC(N)=O)CC1. The molecule has 0 aromatic heterocycles. The van der Waals surface area contributed by atoms with Gasteiger partial charge in [0.1, 0.15) is 11.8 Å². The van der Waals surface area contributed by atoms with E-state index < -0.39 is 6.10 Å². The summed E-state index contributed by atoms with van der Waals surface area (Å²) in [6.07, 6.45) is 1.27. The molecule has 122 valence electrons. The van der Waals surface area contributed by atoms with Crippen LogP contribution in [-0.4, -0.2) is 35.9 Å². The molecule has 0 aliphatic carbocycles. The highest BCUT2D eigenvalue weighted by Crippen LogP contribution is 2.22. The lowest BCUT2D eigenvalue weighted by atomic mass is 9.93. The summed E-state index contributed by atoms with van der Waals surface area (Å²) in [5.74, 6) is 0.279. The minimum absolute atomic E-state index is 0.102. The number of carbonyl (C=O) groups excluding carboxylic acids is 2. The van der Waals surface area contributed by atoms with Crippen LogP contribution in [0.15, 0.2) is 24.3 Å². The number of rotatable bonds is 5. The summed E-state index contributed by atoms with van der Waals surface area (Å²) >= 11 is 0. The van der Waals surface area contributed by atoms with Gasteiger partial charge in [0.2, 0.25) is 5.91 Å². The second-order valence-electron chi connectivity index (χ2n) is 5.81. The number of nitriles is 1. The number of hydrogen-bond acceptors (Lipinski definition) is 4. The summed E-state index contributed by atoms with van der Waals surface area (Å²) in [4.78, 5) is 25.2. The van der Waals surface area contributed by atoms with Crippen molar-refractivity contribution in [2.45, 2.75) is 32.3 Å². The molecule has 0 saturated carbocycles. The summed E-state index contributed by atoms with van der Waals surface area (Å²) < 4.78 is 5.65. The van der Waals surface area contributed by atoms with Crippen molar-refractivity contribution in [2.75, 3.05) is 13.1 Å². The third kappa shape index (κ3) is 4.46. The van der Waals surface area contributed by atoms with Crippen LogP contribution in [0.4, 0.5) is 0 Å². The summed E-state index contributed by atoms with van der Waals surface area (Å²) in [5, 5.41) is 9.06. The third-order valence-electron chi connectivity index (χ3n) is 4.08. The Labute approximate surface area is 135 Å². The van der Waals surface area contributed by atoms with Crippen LogP contribution in [-0.2, 0) is 9.59 Å². The minimum Gasteiger partial charge on any atom is -0.480 e. The van der Waals surface area contributed by atoms with Gasteiger partial charge in [-0.3, -0.25) is 9.59 Å². The van der Waals surface area contributed by atoms with Gasteiger partial charge in [-0.15, -0.1) is 0 Å². The number of carbonyl (C=O) groups is 2. The molecule has 1 aliphatic heterocycles. The van der Waals surface area contributed by atoms with Crippen LogP contribution in [0.5, 0.6) is 5.75 Å². The molecule has 0 radical (unpaired) electrons. The Bertz CT molecular complexity index is 616. The lowest BCUT2D eigenvalue weighted by molar-refractivity contribution is -0.139. The molecule has 6 nitrogen and oxygen atoms in total. The zero-order valence-electron chi connectivity index (χ0n) is 13.2. The van der Waals surface area contributed by atoms with Crippen molar-refractivity contribution in [3.63, 3.8) is 0 Å². The molecule has 2 N–H and O–H groups in total. The average molecular weight is 315 g/mol. The van der Waals surface area contributed by atoms with Gasteiger partial charge in [-0.2, -0.15) is 5.26 Å². The van der Waals surface area contributed by atoms with Gasteiger partial charge in [-0.1, -0.05) is 12.1 Å². The first kappa shape index (κ1) is 16.8. The van der Waals surface area contributed by atoms with Crippen LogP contribution in [0, 0.1) is 17.2 Å². The van der Waals surface area contributed by atoms with Gasteiger partial charge < -0.3 is 15.4 Å². The van der Waals surface area contributed by atoms with Crippen molar-refractivity contribution in [3.05, 3.63) is 29.8 Å². The highest BCUT2D eigenvalue weighted by Gasteiger charge is 2.27. The van der Waals surface area contributed by atoms with Gasteiger partial charge in [0.05, 0.1) is 5.56 Å². The number of primary amides is 1. The van der Waals surface area contributed by atoms with E-state index in [1.54, 1.807) is 36.1 Å². The predicted molar refractivity (Wildman–Crippen MR) is 84.4 cm³/mol. The number of likely N-dealkylation sites (tertiary alicyclic amines) is 1. The third-order valence-corrected chi connectivity index (χ3v) is 4.08. The fourth-order valence-electron chi connectivity index (χ4n) is 2.80. The van der Waals surface area contributed by atoms with Crippen molar-refractivity contribution in [1.82, 2.24) is 4.90 Å². The van der Waals surface area contributed by atoms with Gasteiger partial charge in [-0.25, -0.2) is 0 Å². The van der Waals surface area contributed by atoms with Crippen LogP contribution in [0.2, 0.25) is 0 Å². The quantitative estimate of drug-likeness (QED) is 0.889. The number of piperidine rings is 1. The molecule has 1 aliphatic rings. The lowest BCUT2D eigenvalue weighted by Crippen LogP contribution is -2.45. The summed E-state index contributed by atoms with van der Waals surface area (Å²) in [6, 6.07) is 8.90. The van der Waals surface area contributed by atoms with E-state index >= 15 is 0 Å². The van der Waals surface area contributed by atoms with Crippen molar-refractivity contribution in [1.29, 1.82) is 5.26 Å². The Kier molecular flexibility index (Phi) is 5.58. The zero-order valence-corrected chi connectivity index (χ0v) is 13.2. The Morgan fingerprint density at radius 1 is 1.39 bits per heavy atom. The molecule has 1 saturated heterocycles. The fraction of sp³-hybridized carbons (Fsp3) is 0.471. The van der Waals surface area contributed by atoms with E-state index in [9.17, 15) is 9.59 Å². The fourth-order valence-corrected chi connectivity index (χ4v) is 2.80. The van der Waals surface area contributed by atoms with E-state index in [0.717, 1.165) is 12.8 Å². The highest BCUT2D eigenvalue weighted by atomic mass is 16.5. The molecule has 1 aromatic carbocycles. The Hall–Kier alpha value is -2.55. The maximum absolute atomic E-state index is 12.5. The molecule has 0 unspecified atom stereocenters. The summed E-state index contributed by atoms with van der Waals surface area (Å²) in [7, 11) is 0. The van der Waals surface area contributed by atoms with Gasteiger partial charge in [-0.05, 0) is 37.8 Å². The maximum atomic E-state index is 12.5. The molecular formula is C17H21N3O3. The first-order chi connectivity index (χ1) is 11.0. The second kappa shape index (κ2) is 7.63. The number of nitrogens with two attached hydrogens (primary N) is 1. The number of ether oxygens (including phenoxy) is 1. The molecule has 1 atom stereocenters.